The third-order valence-electron chi connectivity index (χ3n) is 8.54. The molecule has 6 rings (SSSR count). The summed E-state index contributed by atoms with van der Waals surface area (Å²) in [4.78, 5) is 33.5. The number of hydrogen-bond donors (Lipinski definition) is 2. The van der Waals surface area contributed by atoms with Gasteiger partial charge in [-0.15, -0.1) is 0 Å². The van der Waals surface area contributed by atoms with Crippen molar-refractivity contribution in [2.24, 2.45) is 7.05 Å². The van der Waals surface area contributed by atoms with Crippen LogP contribution in [0.1, 0.15) is 56.3 Å². The minimum Gasteiger partial charge on any atom is -0.392 e. The van der Waals surface area contributed by atoms with Gasteiger partial charge in [0.2, 0.25) is 0 Å². The molecule has 11 heteroatoms. The molecule has 1 saturated heterocycles. The van der Waals surface area contributed by atoms with Gasteiger partial charge in [0.25, 0.3) is 11.1 Å². The molecule has 1 aliphatic rings. The fourth-order valence-corrected chi connectivity index (χ4v) is 5.99. The van der Waals surface area contributed by atoms with Gasteiger partial charge in [-0.1, -0.05) is 39.0 Å². The second-order valence-electron chi connectivity index (χ2n) is 12.6. The third-order valence-corrected chi connectivity index (χ3v) is 8.54. The lowest BCUT2D eigenvalue weighted by Gasteiger charge is -2.20. The van der Waals surface area contributed by atoms with E-state index >= 15 is 4.39 Å². The van der Waals surface area contributed by atoms with Gasteiger partial charge in [-0.25, -0.2) is 14.1 Å². The van der Waals surface area contributed by atoms with Gasteiger partial charge in [-0.3, -0.25) is 14.5 Å². The normalized spacial score (nSPS) is 15.6. The molecule has 0 amide bonds. The molecular formula is C34H36FN7O3. The van der Waals surface area contributed by atoms with E-state index in [1.807, 2.05) is 39.1 Å². The molecule has 1 fully saturated rings. The van der Waals surface area contributed by atoms with E-state index in [2.05, 4.69) is 32.4 Å². The van der Waals surface area contributed by atoms with Crippen LogP contribution in [-0.2, 0) is 19.1 Å². The molecule has 45 heavy (non-hydrogen) atoms. The summed E-state index contributed by atoms with van der Waals surface area (Å²) >= 11 is 0. The number of aliphatic hydroxyl groups excluding tert-OH is 1. The first-order valence-electron chi connectivity index (χ1n) is 14.9. The highest BCUT2D eigenvalue weighted by atomic mass is 19.1. The Morgan fingerprint density at radius 1 is 1.04 bits per heavy atom. The molecule has 4 heterocycles. The van der Waals surface area contributed by atoms with Crippen LogP contribution in [0.2, 0.25) is 0 Å². The smallest absolute Gasteiger partial charge is 0.290 e. The van der Waals surface area contributed by atoms with Crippen molar-refractivity contribution >= 4 is 22.3 Å². The SMILES string of the molecule is CN1CCC[C@H]1c1ccc(Nc2cc(-c3cccc(-n4ncc5cc(C(C)(C)C)cc(F)c5c4=O)c3CO)nn(C)c2=O)nc1. The Bertz CT molecular complexity index is 2030. The third kappa shape index (κ3) is 5.65. The second-order valence-corrected chi connectivity index (χ2v) is 12.6. The van der Waals surface area contributed by atoms with E-state index in [1.165, 1.54) is 24.0 Å². The van der Waals surface area contributed by atoms with Crippen molar-refractivity contribution in [1.82, 2.24) is 29.4 Å². The van der Waals surface area contributed by atoms with Crippen LogP contribution in [0.15, 0.2) is 70.5 Å². The molecule has 1 aliphatic heterocycles. The number of nitrogens with zero attached hydrogens (tertiary/aromatic N) is 6. The molecule has 2 aromatic carbocycles. The Morgan fingerprint density at radius 3 is 2.51 bits per heavy atom. The van der Waals surface area contributed by atoms with Crippen LogP contribution in [-0.4, -0.2) is 48.1 Å². The van der Waals surface area contributed by atoms with Gasteiger partial charge in [0.05, 0.1) is 29.6 Å². The summed E-state index contributed by atoms with van der Waals surface area (Å²) in [6.07, 6.45) is 5.52. The first-order valence-corrected chi connectivity index (χ1v) is 14.9. The minimum absolute atomic E-state index is 0.0860. The number of anilines is 2. The fourth-order valence-electron chi connectivity index (χ4n) is 5.99. The molecule has 232 valence electrons. The molecule has 0 spiro atoms. The Kier molecular flexibility index (Phi) is 7.84. The molecule has 0 radical (unpaired) electrons. The van der Waals surface area contributed by atoms with Crippen LogP contribution in [0.25, 0.3) is 27.7 Å². The van der Waals surface area contributed by atoms with E-state index in [4.69, 9.17) is 0 Å². The van der Waals surface area contributed by atoms with Crippen LogP contribution in [0.5, 0.6) is 0 Å². The molecule has 0 bridgehead atoms. The maximum Gasteiger partial charge on any atom is 0.290 e. The number of hydrogen-bond acceptors (Lipinski definition) is 8. The van der Waals surface area contributed by atoms with Crippen molar-refractivity contribution in [3.05, 3.63) is 104 Å². The van der Waals surface area contributed by atoms with Crippen molar-refractivity contribution in [1.29, 1.82) is 0 Å². The number of benzene rings is 2. The van der Waals surface area contributed by atoms with Crippen LogP contribution in [0.3, 0.4) is 0 Å². The van der Waals surface area contributed by atoms with Gasteiger partial charge >= 0.3 is 0 Å². The van der Waals surface area contributed by atoms with E-state index in [0.717, 1.165) is 35.2 Å². The topological polar surface area (TPSA) is 118 Å². The largest absolute Gasteiger partial charge is 0.392 e. The number of pyridine rings is 1. The Balaban J connectivity index is 1.39. The van der Waals surface area contributed by atoms with Crippen molar-refractivity contribution < 1.29 is 9.50 Å². The highest BCUT2D eigenvalue weighted by molar-refractivity contribution is 5.83. The lowest BCUT2D eigenvalue weighted by Crippen LogP contribution is -2.24. The average molecular weight is 610 g/mol. The van der Waals surface area contributed by atoms with Gasteiger partial charge < -0.3 is 10.4 Å². The lowest BCUT2D eigenvalue weighted by molar-refractivity contribution is 0.281. The maximum atomic E-state index is 15.3. The standard InChI is InChI=1S/C34H36FN7O3/c1-34(2,3)22-14-21-18-37-42(33(45)31(21)25(35)15-22)29-9-6-8-23(24(29)19-43)26-16-27(32(44)41(5)39-26)38-30-12-11-20(17-36-30)28-10-7-13-40(28)4/h6,8-9,11-12,14-18,28,43H,7,10,13,19H2,1-5H3,(H,36,38)/t28-/m0/s1. The Hall–Kier alpha value is -4.74. The average Bonchev–Trinajstić information content (AvgIpc) is 3.44. The van der Waals surface area contributed by atoms with E-state index < -0.39 is 18.0 Å². The predicted octanol–water partition coefficient (Wildman–Crippen LogP) is 4.98. The quantitative estimate of drug-likeness (QED) is 0.277. The van der Waals surface area contributed by atoms with Crippen molar-refractivity contribution in [3.8, 4) is 16.9 Å². The summed E-state index contributed by atoms with van der Waals surface area (Å²) in [6.45, 7) is 6.50. The number of fused-ring (bicyclic) bond motifs is 1. The molecule has 3 aromatic heterocycles. The highest BCUT2D eigenvalue weighted by Gasteiger charge is 2.23. The second kappa shape index (κ2) is 11.6. The Morgan fingerprint density at radius 2 is 1.84 bits per heavy atom. The molecule has 0 saturated carbocycles. The van der Waals surface area contributed by atoms with Gasteiger partial charge in [-0.05, 0) is 73.3 Å². The van der Waals surface area contributed by atoms with Crippen LogP contribution in [0, 0.1) is 5.82 Å². The molecule has 0 unspecified atom stereocenters. The zero-order chi connectivity index (χ0) is 32.0. The van der Waals surface area contributed by atoms with Crippen molar-refractivity contribution in [2.45, 2.75) is 51.7 Å². The molecular weight excluding hydrogens is 573 g/mol. The van der Waals surface area contributed by atoms with Crippen molar-refractivity contribution in [2.75, 3.05) is 18.9 Å². The summed E-state index contributed by atoms with van der Waals surface area (Å²) in [7, 11) is 3.64. The molecule has 10 nitrogen and oxygen atoms in total. The van der Waals surface area contributed by atoms with Gasteiger partial charge in [0.1, 0.15) is 17.3 Å². The first-order chi connectivity index (χ1) is 21.5. The lowest BCUT2D eigenvalue weighted by atomic mass is 9.86. The zero-order valence-electron chi connectivity index (χ0n) is 26.0. The monoisotopic (exact) mass is 609 g/mol. The maximum absolute atomic E-state index is 15.3. The van der Waals surface area contributed by atoms with E-state index in [1.54, 1.807) is 30.3 Å². The Labute approximate surface area is 259 Å². The van der Waals surface area contributed by atoms with Gasteiger partial charge in [0, 0.05) is 35.8 Å². The van der Waals surface area contributed by atoms with Crippen LogP contribution in [0.4, 0.5) is 15.9 Å². The number of aryl methyl sites for hydroxylation is 1. The van der Waals surface area contributed by atoms with Crippen molar-refractivity contribution in [3.63, 3.8) is 0 Å². The predicted molar refractivity (Wildman–Crippen MR) is 173 cm³/mol. The van der Waals surface area contributed by atoms with Gasteiger partial charge in [-0.2, -0.15) is 14.9 Å². The van der Waals surface area contributed by atoms with E-state index in [9.17, 15) is 14.7 Å². The summed E-state index contributed by atoms with van der Waals surface area (Å²) in [5.41, 5.74) is 2.29. The molecule has 1 atom stereocenters. The summed E-state index contributed by atoms with van der Waals surface area (Å²) in [6, 6.07) is 14.0. The number of rotatable bonds is 6. The molecule has 2 N–H and O–H groups in total. The molecule has 0 aliphatic carbocycles. The fraction of sp³-hybridized carbons (Fsp3) is 0.324. The number of halogens is 1. The number of nitrogens with one attached hydrogen (secondary N) is 1. The van der Waals surface area contributed by atoms with Crippen LogP contribution >= 0.6 is 0 Å². The minimum atomic E-state index is -0.647. The summed E-state index contributed by atoms with van der Waals surface area (Å²) < 4.78 is 17.6. The summed E-state index contributed by atoms with van der Waals surface area (Å²) in [5, 5.41) is 22.8. The first kappa shape index (κ1) is 30.3. The van der Waals surface area contributed by atoms with Gasteiger partial charge in [0.15, 0.2) is 0 Å². The summed E-state index contributed by atoms with van der Waals surface area (Å²) in [5.74, 6) is -0.124. The van der Waals surface area contributed by atoms with E-state index in [0.29, 0.717) is 34.1 Å². The number of aromatic nitrogens is 5. The molecule has 5 aromatic rings. The number of aliphatic hydroxyl groups is 1. The number of likely N-dealkylation sites (tertiary alicyclic amines) is 1. The van der Waals surface area contributed by atoms with E-state index in [-0.39, 0.29) is 27.7 Å². The zero-order valence-corrected chi connectivity index (χ0v) is 26.0. The highest BCUT2D eigenvalue weighted by Crippen LogP contribution is 2.32. The van der Waals surface area contributed by atoms with Crippen LogP contribution < -0.4 is 16.4 Å².